The Balaban J connectivity index is 3.49. The summed E-state index contributed by atoms with van der Waals surface area (Å²) in [4.78, 5) is 2.26. The summed E-state index contributed by atoms with van der Waals surface area (Å²) in [6.07, 6.45) is 2.32. The molecule has 0 aliphatic rings. The van der Waals surface area contributed by atoms with Crippen LogP contribution in [0, 0.1) is 17.2 Å². The van der Waals surface area contributed by atoms with Crippen molar-refractivity contribution in [3.05, 3.63) is 0 Å². The minimum atomic E-state index is 0.112. The predicted octanol–water partition coefficient (Wildman–Crippen LogP) is 2.28. The van der Waals surface area contributed by atoms with Gasteiger partial charge < -0.3 is 9.64 Å². The van der Waals surface area contributed by atoms with Crippen LogP contribution in [-0.2, 0) is 4.74 Å². The quantitative estimate of drug-likeness (QED) is 0.550. The second kappa shape index (κ2) is 9.95. The predicted molar refractivity (Wildman–Crippen MR) is 62.6 cm³/mol. The van der Waals surface area contributed by atoms with Gasteiger partial charge in [-0.15, -0.1) is 0 Å². The molecule has 0 N–H and O–H groups in total. The van der Waals surface area contributed by atoms with E-state index in [1.807, 2.05) is 6.92 Å². The molecule has 0 spiro atoms. The van der Waals surface area contributed by atoms with Crippen molar-refractivity contribution >= 4 is 0 Å². The molecule has 0 aliphatic carbocycles. The first-order valence-corrected chi connectivity index (χ1v) is 5.94. The maximum atomic E-state index is 8.71. The van der Waals surface area contributed by atoms with Crippen LogP contribution in [0.2, 0.25) is 0 Å². The summed E-state index contributed by atoms with van der Waals surface area (Å²) in [6, 6.07) is 2.26. The third-order valence-corrected chi connectivity index (χ3v) is 2.39. The fourth-order valence-corrected chi connectivity index (χ4v) is 1.35. The lowest BCUT2D eigenvalue weighted by molar-refractivity contribution is 0.101. The zero-order chi connectivity index (χ0) is 11.5. The van der Waals surface area contributed by atoms with Crippen molar-refractivity contribution in [2.75, 3.05) is 32.8 Å². The molecule has 0 aromatic carbocycles. The van der Waals surface area contributed by atoms with Crippen LogP contribution in [0.5, 0.6) is 0 Å². The smallest absolute Gasteiger partial charge is 0.0666 e. The van der Waals surface area contributed by atoms with E-state index in [0.717, 1.165) is 39.3 Å². The van der Waals surface area contributed by atoms with Gasteiger partial charge in [-0.05, 0) is 19.9 Å². The summed E-state index contributed by atoms with van der Waals surface area (Å²) in [5.74, 6) is 0.112. The van der Waals surface area contributed by atoms with Gasteiger partial charge in [0.2, 0.25) is 0 Å². The second-order valence-electron chi connectivity index (χ2n) is 3.89. The van der Waals surface area contributed by atoms with Gasteiger partial charge >= 0.3 is 0 Å². The zero-order valence-corrected chi connectivity index (χ0v) is 10.3. The first-order chi connectivity index (χ1) is 7.24. The molecule has 0 fully saturated rings. The van der Waals surface area contributed by atoms with Crippen LogP contribution in [0.3, 0.4) is 0 Å². The van der Waals surface area contributed by atoms with Crippen molar-refractivity contribution in [3.8, 4) is 6.07 Å². The topological polar surface area (TPSA) is 36.3 Å². The van der Waals surface area contributed by atoms with Crippen molar-refractivity contribution in [3.63, 3.8) is 0 Å². The highest BCUT2D eigenvalue weighted by molar-refractivity contribution is 4.81. The first kappa shape index (κ1) is 14.4. The van der Waals surface area contributed by atoms with Crippen LogP contribution in [0.25, 0.3) is 0 Å². The Bertz CT molecular complexity index is 177. The van der Waals surface area contributed by atoms with Crippen molar-refractivity contribution in [1.29, 1.82) is 5.26 Å². The van der Waals surface area contributed by atoms with Crippen molar-refractivity contribution in [2.24, 2.45) is 5.92 Å². The maximum Gasteiger partial charge on any atom is 0.0666 e. The van der Waals surface area contributed by atoms with Crippen LogP contribution >= 0.6 is 0 Å². The van der Waals surface area contributed by atoms with Gasteiger partial charge in [-0.1, -0.05) is 20.3 Å². The molecule has 0 bridgehead atoms. The normalized spacial score (nSPS) is 12.7. The Morgan fingerprint density at radius 3 is 2.60 bits per heavy atom. The Morgan fingerprint density at radius 2 is 2.07 bits per heavy atom. The highest BCUT2D eigenvalue weighted by atomic mass is 16.5. The number of hydrogen-bond acceptors (Lipinski definition) is 3. The third kappa shape index (κ3) is 8.41. The van der Waals surface area contributed by atoms with Crippen molar-refractivity contribution in [1.82, 2.24) is 4.90 Å². The molecule has 3 heteroatoms. The van der Waals surface area contributed by atoms with Crippen LogP contribution < -0.4 is 0 Å². The molecule has 0 aromatic rings. The third-order valence-electron chi connectivity index (χ3n) is 2.39. The molecule has 15 heavy (non-hydrogen) atoms. The van der Waals surface area contributed by atoms with Crippen molar-refractivity contribution < 1.29 is 4.74 Å². The highest BCUT2D eigenvalue weighted by Crippen LogP contribution is 1.98. The van der Waals surface area contributed by atoms with Gasteiger partial charge in [0.15, 0.2) is 0 Å². The molecule has 1 atom stereocenters. The van der Waals surface area contributed by atoms with Gasteiger partial charge in [-0.25, -0.2) is 0 Å². The molecule has 0 aromatic heterocycles. The van der Waals surface area contributed by atoms with Gasteiger partial charge in [0.05, 0.1) is 18.6 Å². The standard InChI is InChI=1S/C12H24N2O/c1-4-6-8-15-9-7-14(5-2)11-12(3)10-13/h12H,4-9,11H2,1-3H3. The molecule has 0 rings (SSSR count). The molecule has 0 aliphatic heterocycles. The number of rotatable bonds is 9. The Morgan fingerprint density at radius 1 is 1.33 bits per heavy atom. The lowest BCUT2D eigenvalue weighted by atomic mass is 10.2. The van der Waals surface area contributed by atoms with Gasteiger partial charge in [0.1, 0.15) is 0 Å². The molecular weight excluding hydrogens is 188 g/mol. The summed E-state index contributed by atoms with van der Waals surface area (Å²) in [6.45, 7) is 10.7. The minimum Gasteiger partial charge on any atom is -0.380 e. The number of unbranched alkanes of at least 4 members (excludes halogenated alkanes) is 1. The van der Waals surface area contributed by atoms with E-state index in [9.17, 15) is 0 Å². The van der Waals surface area contributed by atoms with E-state index in [4.69, 9.17) is 10.00 Å². The molecule has 1 unspecified atom stereocenters. The fourth-order valence-electron chi connectivity index (χ4n) is 1.35. The summed E-state index contributed by atoms with van der Waals surface area (Å²) < 4.78 is 5.50. The Labute approximate surface area is 94.0 Å². The molecule has 0 saturated heterocycles. The number of hydrogen-bond donors (Lipinski definition) is 0. The minimum absolute atomic E-state index is 0.112. The molecule has 3 nitrogen and oxygen atoms in total. The fraction of sp³-hybridized carbons (Fsp3) is 0.917. The van der Waals surface area contributed by atoms with Gasteiger partial charge in [0, 0.05) is 19.7 Å². The second-order valence-corrected chi connectivity index (χ2v) is 3.89. The highest BCUT2D eigenvalue weighted by Gasteiger charge is 2.06. The Hall–Kier alpha value is -0.590. The van der Waals surface area contributed by atoms with E-state index in [1.165, 1.54) is 6.42 Å². The van der Waals surface area contributed by atoms with E-state index in [2.05, 4.69) is 24.8 Å². The van der Waals surface area contributed by atoms with Crippen LogP contribution in [0.4, 0.5) is 0 Å². The zero-order valence-electron chi connectivity index (χ0n) is 10.3. The average Bonchev–Trinajstić information content (AvgIpc) is 2.26. The van der Waals surface area contributed by atoms with Gasteiger partial charge in [0.25, 0.3) is 0 Å². The van der Waals surface area contributed by atoms with E-state index in [-0.39, 0.29) is 5.92 Å². The molecule has 0 radical (unpaired) electrons. The number of ether oxygens (including phenoxy) is 1. The molecule has 0 saturated carbocycles. The van der Waals surface area contributed by atoms with Crippen LogP contribution in [-0.4, -0.2) is 37.7 Å². The number of nitriles is 1. The van der Waals surface area contributed by atoms with E-state index in [0.29, 0.717) is 0 Å². The molecule has 0 amide bonds. The van der Waals surface area contributed by atoms with E-state index >= 15 is 0 Å². The lowest BCUT2D eigenvalue weighted by Crippen LogP contribution is -2.31. The molecular formula is C12H24N2O. The summed E-state index contributed by atoms with van der Waals surface area (Å²) in [5.41, 5.74) is 0. The molecule has 0 heterocycles. The molecule has 88 valence electrons. The maximum absolute atomic E-state index is 8.71. The van der Waals surface area contributed by atoms with Crippen LogP contribution in [0.1, 0.15) is 33.6 Å². The largest absolute Gasteiger partial charge is 0.380 e. The van der Waals surface area contributed by atoms with E-state index in [1.54, 1.807) is 0 Å². The summed E-state index contributed by atoms with van der Waals surface area (Å²) in [5, 5.41) is 8.71. The average molecular weight is 212 g/mol. The first-order valence-electron chi connectivity index (χ1n) is 5.94. The van der Waals surface area contributed by atoms with Gasteiger partial charge in [-0.3, -0.25) is 0 Å². The monoisotopic (exact) mass is 212 g/mol. The number of nitrogens with zero attached hydrogens (tertiary/aromatic N) is 2. The van der Waals surface area contributed by atoms with Crippen molar-refractivity contribution in [2.45, 2.75) is 33.6 Å². The lowest BCUT2D eigenvalue weighted by Gasteiger charge is -2.21. The summed E-state index contributed by atoms with van der Waals surface area (Å²) >= 11 is 0. The number of likely N-dealkylation sites (N-methyl/N-ethyl adjacent to an activating group) is 1. The van der Waals surface area contributed by atoms with Crippen LogP contribution in [0.15, 0.2) is 0 Å². The summed E-state index contributed by atoms with van der Waals surface area (Å²) in [7, 11) is 0. The Kier molecular flexibility index (Phi) is 9.55. The SMILES string of the molecule is CCCCOCCN(CC)CC(C)C#N. The van der Waals surface area contributed by atoms with Gasteiger partial charge in [-0.2, -0.15) is 5.26 Å². The van der Waals surface area contributed by atoms with E-state index < -0.39 is 0 Å².